The summed E-state index contributed by atoms with van der Waals surface area (Å²) in [6, 6.07) is 16.2. The fourth-order valence-electron chi connectivity index (χ4n) is 2.08. The summed E-state index contributed by atoms with van der Waals surface area (Å²) < 4.78 is 0. The average molecular weight is 338 g/mol. The highest BCUT2D eigenvalue weighted by Gasteiger charge is 2.30. The molecule has 2 N–H and O–H groups in total. The first kappa shape index (κ1) is 17.6. The van der Waals surface area contributed by atoms with Gasteiger partial charge in [-0.2, -0.15) is 5.26 Å². The van der Waals surface area contributed by atoms with Gasteiger partial charge in [-0.3, -0.25) is 4.79 Å². The van der Waals surface area contributed by atoms with Crippen molar-refractivity contribution in [2.24, 2.45) is 0 Å². The topological polar surface area (TPSA) is 73.1 Å². The molecule has 24 heavy (non-hydrogen) atoms. The SMILES string of the molecule is CC(C)(C(=O)Nc1ccccc1O)c1ccc(SC=CC#N)cc1. The Kier molecular flexibility index (Phi) is 5.67. The Bertz CT molecular complexity index is 790. The smallest absolute Gasteiger partial charge is 0.234 e. The number of nitrogens with zero attached hydrogens (tertiary/aromatic N) is 1. The second-order valence-electron chi connectivity index (χ2n) is 5.67. The highest BCUT2D eigenvalue weighted by Crippen LogP contribution is 2.29. The molecule has 0 aromatic heterocycles. The van der Waals surface area contributed by atoms with Crippen LogP contribution in [-0.2, 0) is 10.2 Å². The van der Waals surface area contributed by atoms with E-state index in [2.05, 4.69) is 5.32 Å². The minimum Gasteiger partial charge on any atom is -0.506 e. The van der Waals surface area contributed by atoms with Gasteiger partial charge in [-0.15, -0.1) is 0 Å². The lowest BCUT2D eigenvalue weighted by atomic mass is 9.83. The number of phenolic OH excluding ortho intramolecular Hbond substituents is 1. The number of allylic oxidation sites excluding steroid dienone is 1. The number of hydrogen-bond acceptors (Lipinski definition) is 4. The summed E-state index contributed by atoms with van der Waals surface area (Å²) in [5, 5.41) is 22.7. The van der Waals surface area contributed by atoms with E-state index in [1.165, 1.54) is 23.9 Å². The van der Waals surface area contributed by atoms with Crippen LogP contribution in [0.5, 0.6) is 5.75 Å². The molecule has 0 radical (unpaired) electrons. The van der Waals surface area contributed by atoms with E-state index in [0.29, 0.717) is 5.69 Å². The van der Waals surface area contributed by atoms with Crippen molar-refractivity contribution in [2.75, 3.05) is 5.32 Å². The highest BCUT2D eigenvalue weighted by atomic mass is 32.2. The Labute approximate surface area is 145 Å². The molecule has 5 heteroatoms. The number of phenols is 1. The molecule has 4 nitrogen and oxygen atoms in total. The minimum atomic E-state index is -0.756. The largest absolute Gasteiger partial charge is 0.506 e. The maximum absolute atomic E-state index is 12.6. The fourth-order valence-corrected chi connectivity index (χ4v) is 2.66. The van der Waals surface area contributed by atoms with Crippen LogP contribution in [0.15, 0.2) is 64.9 Å². The average Bonchev–Trinajstić information content (AvgIpc) is 2.57. The summed E-state index contributed by atoms with van der Waals surface area (Å²) in [5.41, 5.74) is 0.502. The van der Waals surface area contributed by atoms with Gasteiger partial charge in [0.2, 0.25) is 5.91 Å². The van der Waals surface area contributed by atoms with E-state index < -0.39 is 5.41 Å². The first-order valence-electron chi connectivity index (χ1n) is 7.36. The van der Waals surface area contributed by atoms with Crippen LogP contribution in [0.1, 0.15) is 19.4 Å². The number of carbonyl (C=O) groups excluding carboxylic acids is 1. The van der Waals surface area contributed by atoms with E-state index in [4.69, 9.17) is 5.26 Å². The third kappa shape index (κ3) is 4.18. The molecule has 0 heterocycles. The number of rotatable bonds is 5. The van der Waals surface area contributed by atoms with Crippen molar-refractivity contribution in [2.45, 2.75) is 24.2 Å². The van der Waals surface area contributed by atoms with Crippen LogP contribution >= 0.6 is 11.8 Å². The monoisotopic (exact) mass is 338 g/mol. The molecule has 0 spiro atoms. The number of benzene rings is 2. The third-order valence-corrected chi connectivity index (χ3v) is 4.46. The summed E-state index contributed by atoms with van der Waals surface area (Å²) in [7, 11) is 0. The number of nitrogens with one attached hydrogen (secondary N) is 1. The van der Waals surface area contributed by atoms with Crippen LogP contribution < -0.4 is 5.32 Å². The molecule has 0 saturated heterocycles. The molecule has 2 rings (SSSR count). The molecule has 0 saturated carbocycles. The van der Waals surface area contributed by atoms with Crippen molar-refractivity contribution in [1.82, 2.24) is 0 Å². The van der Waals surface area contributed by atoms with Gasteiger partial charge in [0.25, 0.3) is 0 Å². The predicted molar refractivity (Wildman–Crippen MR) is 96.8 cm³/mol. The van der Waals surface area contributed by atoms with Crippen molar-refractivity contribution in [3.63, 3.8) is 0 Å². The normalized spacial score (nSPS) is 11.2. The van der Waals surface area contributed by atoms with E-state index in [1.54, 1.807) is 23.6 Å². The van der Waals surface area contributed by atoms with Gasteiger partial charge in [-0.25, -0.2) is 0 Å². The molecule has 2 aromatic carbocycles. The van der Waals surface area contributed by atoms with Gasteiger partial charge in [-0.1, -0.05) is 36.0 Å². The van der Waals surface area contributed by atoms with E-state index in [-0.39, 0.29) is 11.7 Å². The second-order valence-corrected chi connectivity index (χ2v) is 6.65. The molecule has 2 aromatic rings. The second kappa shape index (κ2) is 7.71. The van der Waals surface area contributed by atoms with E-state index in [9.17, 15) is 9.90 Å². The van der Waals surface area contributed by atoms with Gasteiger partial charge in [0.15, 0.2) is 0 Å². The molecule has 0 unspecified atom stereocenters. The Morgan fingerprint density at radius 2 is 1.88 bits per heavy atom. The quantitative estimate of drug-likeness (QED) is 0.480. The molecule has 0 aliphatic rings. The van der Waals surface area contributed by atoms with Crippen LogP contribution in [0.2, 0.25) is 0 Å². The number of anilines is 1. The molecular formula is C19H18N2O2S. The van der Waals surface area contributed by atoms with Gasteiger partial charge in [0.1, 0.15) is 5.75 Å². The molecule has 1 amide bonds. The standard InChI is InChI=1S/C19H18N2O2S/c1-19(2,18(23)21-16-6-3-4-7-17(16)22)14-8-10-15(11-9-14)24-13-5-12-20/h3-11,13,22H,1-2H3,(H,21,23). The van der Waals surface area contributed by atoms with Crippen LogP contribution in [0.4, 0.5) is 5.69 Å². The summed E-state index contributed by atoms with van der Waals surface area (Å²) in [5.74, 6) is -0.161. The molecule has 122 valence electrons. The first-order valence-corrected chi connectivity index (χ1v) is 8.24. The number of thioether (sulfide) groups is 1. The lowest BCUT2D eigenvalue weighted by Crippen LogP contribution is -2.34. The van der Waals surface area contributed by atoms with Crippen molar-refractivity contribution in [3.8, 4) is 11.8 Å². The van der Waals surface area contributed by atoms with Crippen molar-refractivity contribution in [1.29, 1.82) is 5.26 Å². The number of aromatic hydroxyl groups is 1. The Morgan fingerprint density at radius 1 is 1.21 bits per heavy atom. The highest BCUT2D eigenvalue weighted by molar-refractivity contribution is 8.02. The Hall–Kier alpha value is -2.71. The maximum Gasteiger partial charge on any atom is 0.234 e. The van der Waals surface area contributed by atoms with Crippen LogP contribution in [0.25, 0.3) is 0 Å². The summed E-state index contributed by atoms with van der Waals surface area (Å²) >= 11 is 1.44. The van der Waals surface area contributed by atoms with Crippen LogP contribution in [0.3, 0.4) is 0 Å². The van der Waals surface area contributed by atoms with E-state index in [0.717, 1.165) is 10.5 Å². The van der Waals surface area contributed by atoms with Gasteiger partial charge in [0.05, 0.1) is 17.2 Å². The first-order chi connectivity index (χ1) is 11.4. The fraction of sp³-hybridized carbons (Fsp3) is 0.158. The van der Waals surface area contributed by atoms with E-state index >= 15 is 0 Å². The van der Waals surface area contributed by atoms with E-state index in [1.807, 2.05) is 44.2 Å². The Balaban J connectivity index is 2.14. The van der Waals surface area contributed by atoms with Gasteiger partial charge in [-0.05, 0) is 49.1 Å². The van der Waals surface area contributed by atoms with Gasteiger partial charge >= 0.3 is 0 Å². The van der Waals surface area contributed by atoms with Crippen LogP contribution in [0, 0.1) is 11.3 Å². The molecule has 0 atom stereocenters. The van der Waals surface area contributed by atoms with Gasteiger partial charge < -0.3 is 10.4 Å². The summed E-state index contributed by atoms with van der Waals surface area (Å²) in [6.07, 6.45) is 1.42. The number of hydrogen-bond donors (Lipinski definition) is 2. The zero-order valence-electron chi connectivity index (χ0n) is 13.5. The van der Waals surface area contributed by atoms with Gasteiger partial charge in [0, 0.05) is 11.0 Å². The number of nitriles is 1. The summed E-state index contributed by atoms with van der Waals surface area (Å²) in [4.78, 5) is 13.6. The minimum absolute atomic E-state index is 0.0395. The van der Waals surface area contributed by atoms with Crippen molar-refractivity contribution < 1.29 is 9.90 Å². The molecule has 0 aliphatic heterocycles. The number of carbonyl (C=O) groups is 1. The lowest BCUT2D eigenvalue weighted by Gasteiger charge is -2.24. The Morgan fingerprint density at radius 3 is 2.50 bits per heavy atom. The maximum atomic E-state index is 12.6. The van der Waals surface area contributed by atoms with Crippen molar-refractivity contribution >= 4 is 23.4 Å². The molecular weight excluding hydrogens is 320 g/mol. The zero-order valence-corrected chi connectivity index (χ0v) is 14.3. The number of amides is 1. The zero-order chi connectivity index (χ0) is 17.6. The third-order valence-electron chi connectivity index (χ3n) is 3.64. The van der Waals surface area contributed by atoms with Crippen molar-refractivity contribution in [3.05, 3.63) is 65.6 Å². The summed E-state index contributed by atoms with van der Waals surface area (Å²) in [6.45, 7) is 3.67. The van der Waals surface area contributed by atoms with Crippen LogP contribution in [-0.4, -0.2) is 11.0 Å². The predicted octanol–water partition coefficient (Wildman–Crippen LogP) is 4.44. The molecule has 0 bridgehead atoms. The number of para-hydroxylation sites is 2. The molecule has 0 fully saturated rings. The lowest BCUT2D eigenvalue weighted by molar-refractivity contribution is -0.120. The molecule has 0 aliphatic carbocycles.